The quantitative estimate of drug-likeness (QED) is 0.493. The highest BCUT2D eigenvalue weighted by molar-refractivity contribution is 6.82. The molecule has 1 aliphatic rings. The zero-order chi connectivity index (χ0) is 20.4. The van der Waals surface area contributed by atoms with Gasteiger partial charge >= 0.3 is 9.28 Å². The number of hydrogen-bond acceptors (Lipinski definition) is 4. The molecule has 1 unspecified atom stereocenters. The number of carbonyl (C=O) groups is 1. The summed E-state index contributed by atoms with van der Waals surface area (Å²) in [4.78, 5) is 13.6. The van der Waals surface area contributed by atoms with Gasteiger partial charge in [0.05, 0.1) is 0 Å². The van der Waals surface area contributed by atoms with Gasteiger partial charge in [-0.2, -0.15) is 0 Å². The maximum Gasteiger partial charge on any atom is 0.402 e. The van der Waals surface area contributed by atoms with Crippen molar-refractivity contribution in [2.24, 2.45) is 0 Å². The van der Waals surface area contributed by atoms with Gasteiger partial charge in [-0.3, -0.25) is 4.79 Å². The van der Waals surface area contributed by atoms with Crippen LogP contribution in [0.3, 0.4) is 0 Å². The van der Waals surface area contributed by atoms with E-state index in [1.165, 1.54) is 25.7 Å². The van der Waals surface area contributed by atoms with Crippen LogP contribution in [0.4, 0.5) is 0 Å². The van der Waals surface area contributed by atoms with Crippen LogP contribution >= 0.6 is 0 Å². The fourth-order valence-corrected chi connectivity index (χ4v) is 14.1. The van der Waals surface area contributed by atoms with Crippen LogP contribution in [0.1, 0.15) is 87.5 Å². The lowest BCUT2D eigenvalue weighted by molar-refractivity contribution is -0.140. The molecule has 1 fully saturated rings. The van der Waals surface area contributed by atoms with Gasteiger partial charge in [-0.25, -0.2) is 0 Å². The Labute approximate surface area is 164 Å². The summed E-state index contributed by atoms with van der Waals surface area (Å²) in [5.74, 6) is -0.110. The summed E-state index contributed by atoms with van der Waals surface area (Å²) < 4.78 is 17.9. The second kappa shape index (κ2) is 8.45. The molecule has 1 radical (unpaired) electrons. The Bertz CT molecular complexity index is 457. The molecule has 1 saturated carbocycles. The molecule has 6 heteroatoms. The van der Waals surface area contributed by atoms with Gasteiger partial charge < -0.3 is 13.3 Å². The van der Waals surface area contributed by atoms with Crippen molar-refractivity contribution in [2.45, 2.75) is 108 Å². The highest BCUT2D eigenvalue weighted by Crippen LogP contribution is 2.62. The van der Waals surface area contributed by atoms with Crippen LogP contribution in [0.15, 0.2) is 0 Å². The molecule has 4 nitrogen and oxygen atoms in total. The molecule has 0 aromatic carbocycles. The molecule has 0 bridgehead atoms. The number of carbonyl (C=O) groups excluding carboxylic acids is 1. The Morgan fingerprint density at radius 3 is 1.69 bits per heavy atom. The van der Waals surface area contributed by atoms with Crippen LogP contribution in [0.2, 0.25) is 20.7 Å². The fourth-order valence-electron chi connectivity index (χ4n) is 5.24. The normalized spacial score (nSPS) is 19.7. The molecule has 0 heterocycles. The van der Waals surface area contributed by atoms with Gasteiger partial charge in [-0.1, -0.05) is 61.3 Å². The molecule has 0 spiro atoms. The van der Waals surface area contributed by atoms with Gasteiger partial charge in [0, 0.05) is 14.2 Å². The molecule has 0 aliphatic heterocycles. The minimum atomic E-state index is -2.47. The predicted octanol–water partition coefficient (Wildman–Crippen LogP) is 5.97. The van der Waals surface area contributed by atoms with E-state index in [0.29, 0.717) is 12.0 Å². The largest absolute Gasteiger partial charge is 0.517 e. The maximum absolute atomic E-state index is 13.6. The minimum absolute atomic E-state index is 0.0301. The first-order valence-electron chi connectivity index (χ1n) is 10.0. The topological polar surface area (TPSA) is 44.8 Å². The van der Waals surface area contributed by atoms with Gasteiger partial charge in [-0.15, -0.1) is 0 Å². The molecule has 0 aromatic heterocycles. The second-order valence-corrected chi connectivity index (χ2v) is 18.0. The Hall–Kier alpha value is -0.176. The average molecular weight is 402 g/mol. The first-order chi connectivity index (χ1) is 11.8. The van der Waals surface area contributed by atoms with E-state index in [9.17, 15) is 4.79 Å². The fraction of sp³-hybridized carbons (Fsp3) is 0.950. The summed E-state index contributed by atoms with van der Waals surface area (Å²) in [6.45, 7) is 17.6. The van der Waals surface area contributed by atoms with E-state index in [1.54, 1.807) is 14.2 Å². The van der Waals surface area contributed by atoms with Gasteiger partial charge in [-0.05, 0) is 41.8 Å². The monoisotopic (exact) mass is 401 g/mol. The van der Waals surface area contributed by atoms with E-state index in [0.717, 1.165) is 0 Å². The third kappa shape index (κ3) is 4.13. The Balaban J connectivity index is 3.42. The van der Waals surface area contributed by atoms with Gasteiger partial charge in [0.15, 0.2) is 0 Å². The number of hydrogen-bond donors (Lipinski definition) is 0. The number of rotatable bonds is 7. The van der Waals surface area contributed by atoms with Crippen LogP contribution in [-0.4, -0.2) is 37.8 Å². The lowest BCUT2D eigenvalue weighted by Gasteiger charge is -2.54. The SMILES string of the molecule is CCC(C)(C(=O)O[Si](C1CCCC1)(C(C)(C)C)C(C)(C)C)[Si](OC)OC. The van der Waals surface area contributed by atoms with Crippen LogP contribution in [0.25, 0.3) is 0 Å². The molecule has 1 aliphatic carbocycles. The molecular weight excluding hydrogens is 360 g/mol. The molecule has 153 valence electrons. The summed E-state index contributed by atoms with van der Waals surface area (Å²) in [6, 6.07) is 0. The van der Waals surface area contributed by atoms with Crippen LogP contribution in [0.5, 0.6) is 0 Å². The van der Waals surface area contributed by atoms with Crippen molar-refractivity contribution in [3.05, 3.63) is 0 Å². The summed E-state index contributed by atoms with van der Waals surface area (Å²) in [6.07, 6.45) is 5.52. The van der Waals surface area contributed by atoms with E-state index in [2.05, 4.69) is 41.5 Å². The van der Waals surface area contributed by atoms with Crippen LogP contribution in [0, 0.1) is 0 Å². The molecule has 0 saturated heterocycles. The Kier molecular flexibility index (Phi) is 7.76. The molecule has 0 aromatic rings. The summed E-state index contributed by atoms with van der Waals surface area (Å²) in [5, 5.41) is -0.767. The average Bonchev–Trinajstić information content (AvgIpc) is 3.04. The first-order valence-corrected chi connectivity index (χ1v) is 13.3. The highest BCUT2D eigenvalue weighted by Gasteiger charge is 2.64. The smallest absolute Gasteiger partial charge is 0.402 e. The Morgan fingerprint density at radius 1 is 0.962 bits per heavy atom. The summed E-state index contributed by atoms with van der Waals surface area (Å²) >= 11 is 0. The molecule has 1 atom stereocenters. The molecule has 26 heavy (non-hydrogen) atoms. The van der Waals surface area contributed by atoms with E-state index in [4.69, 9.17) is 13.3 Å². The van der Waals surface area contributed by atoms with Gasteiger partial charge in [0.25, 0.3) is 14.3 Å². The van der Waals surface area contributed by atoms with E-state index >= 15 is 0 Å². The molecule has 1 rings (SSSR count). The predicted molar refractivity (Wildman–Crippen MR) is 112 cm³/mol. The lowest BCUT2D eigenvalue weighted by atomic mass is 10.1. The van der Waals surface area contributed by atoms with Crippen LogP contribution in [-0.2, 0) is 18.1 Å². The molecular formula is C20H41O4Si2. The van der Waals surface area contributed by atoms with Crippen LogP contribution < -0.4 is 0 Å². The summed E-state index contributed by atoms with van der Waals surface area (Å²) in [5.41, 5.74) is 0.522. The van der Waals surface area contributed by atoms with Crippen molar-refractivity contribution in [3.8, 4) is 0 Å². The standard InChI is InChI=1S/C20H41O4Si2/c1-11-20(8,25(22-9)23-10)17(21)24-26(18(2,3)4,19(5,6)7)16-14-12-13-15-16/h16H,11-15H2,1-10H3. The van der Waals surface area contributed by atoms with Gasteiger partial charge in [0.1, 0.15) is 5.04 Å². The minimum Gasteiger partial charge on any atom is -0.517 e. The highest BCUT2D eigenvalue weighted by atomic mass is 28.4. The Morgan fingerprint density at radius 2 is 1.38 bits per heavy atom. The summed E-state index contributed by atoms with van der Waals surface area (Å²) in [7, 11) is -0.951. The second-order valence-electron chi connectivity index (χ2n) is 9.99. The maximum atomic E-state index is 13.6. The van der Waals surface area contributed by atoms with Gasteiger partial charge in [0.2, 0.25) is 0 Å². The zero-order valence-electron chi connectivity index (χ0n) is 18.7. The van der Waals surface area contributed by atoms with Crippen molar-refractivity contribution >= 4 is 23.6 Å². The molecule has 0 N–H and O–H groups in total. The molecule has 0 amide bonds. The lowest BCUT2D eigenvalue weighted by Crippen LogP contribution is -2.60. The van der Waals surface area contributed by atoms with Crippen molar-refractivity contribution in [1.29, 1.82) is 0 Å². The third-order valence-electron chi connectivity index (χ3n) is 6.39. The zero-order valence-corrected chi connectivity index (χ0v) is 20.7. The van der Waals surface area contributed by atoms with Crippen molar-refractivity contribution in [1.82, 2.24) is 0 Å². The van der Waals surface area contributed by atoms with E-state index in [-0.39, 0.29) is 16.0 Å². The third-order valence-corrected chi connectivity index (χ3v) is 15.3. The first kappa shape index (κ1) is 23.9. The van der Waals surface area contributed by atoms with E-state index in [1.807, 2.05) is 13.8 Å². The van der Waals surface area contributed by atoms with E-state index < -0.39 is 22.6 Å². The van der Waals surface area contributed by atoms with Crippen molar-refractivity contribution in [3.63, 3.8) is 0 Å². The van der Waals surface area contributed by atoms with Crippen molar-refractivity contribution in [2.75, 3.05) is 14.2 Å². The van der Waals surface area contributed by atoms with Crippen molar-refractivity contribution < 1.29 is 18.1 Å².